The third-order valence-corrected chi connectivity index (χ3v) is 4.57. The van der Waals surface area contributed by atoms with Gasteiger partial charge in [-0.2, -0.15) is 0 Å². The van der Waals surface area contributed by atoms with E-state index in [1.807, 2.05) is 18.2 Å². The van der Waals surface area contributed by atoms with Gasteiger partial charge >= 0.3 is 0 Å². The third kappa shape index (κ3) is 1.88. The van der Waals surface area contributed by atoms with Gasteiger partial charge in [0.1, 0.15) is 5.60 Å². The molecular formula is C18H19NO2. The summed E-state index contributed by atoms with van der Waals surface area (Å²) in [5, 5.41) is 11.1. The highest BCUT2D eigenvalue weighted by molar-refractivity contribution is 5.64. The Balaban J connectivity index is 1.78. The molecule has 0 saturated carbocycles. The molecule has 0 aliphatic carbocycles. The van der Waals surface area contributed by atoms with Gasteiger partial charge in [-0.1, -0.05) is 48.0 Å². The van der Waals surface area contributed by atoms with Gasteiger partial charge in [-0.25, -0.2) is 0 Å². The van der Waals surface area contributed by atoms with E-state index in [0.29, 0.717) is 13.0 Å². The van der Waals surface area contributed by atoms with Crippen molar-refractivity contribution in [3.63, 3.8) is 0 Å². The van der Waals surface area contributed by atoms with Crippen molar-refractivity contribution in [1.29, 1.82) is 0 Å². The van der Waals surface area contributed by atoms with E-state index in [2.05, 4.69) is 42.2 Å². The summed E-state index contributed by atoms with van der Waals surface area (Å²) in [7, 11) is 0. The highest BCUT2D eigenvalue weighted by atomic mass is 16.5. The van der Waals surface area contributed by atoms with Crippen LogP contribution >= 0.6 is 0 Å². The molecule has 1 saturated heterocycles. The average Bonchev–Trinajstić information content (AvgIpc) is 2.97. The zero-order valence-electron chi connectivity index (χ0n) is 12.1. The molecule has 2 atom stereocenters. The standard InChI is InChI=1S/C18H19NO2/c1-13-7-8-16-15(11-13)18(20)9-10-21-17(18)19(16)12-14-5-3-2-4-6-14/h2-8,11,17,20H,9-10,12H2,1H3. The quantitative estimate of drug-likeness (QED) is 0.918. The van der Waals surface area contributed by atoms with Gasteiger partial charge in [-0.15, -0.1) is 0 Å². The van der Waals surface area contributed by atoms with Crippen molar-refractivity contribution in [2.75, 3.05) is 11.5 Å². The van der Waals surface area contributed by atoms with E-state index in [0.717, 1.165) is 17.8 Å². The van der Waals surface area contributed by atoms with Crippen LogP contribution in [-0.2, 0) is 16.9 Å². The van der Waals surface area contributed by atoms with Crippen molar-refractivity contribution in [1.82, 2.24) is 0 Å². The molecular weight excluding hydrogens is 262 g/mol. The highest BCUT2D eigenvalue weighted by Crippen LogP contribution is 2.50. The van der Waals surface area contributed by atoms with E-state index >= 15 is 0 Å². The predicted molar refractivity (Wildman–Crippen MR) is 82.1 cm³/mol. The van der Waals surface area contributed by atoms with Gasteiger partial charge in [0.2, 0.25) is 0 Å². The Bertz CT molecular complexity index is 670. The van der Waals surface area contributed by atoms with E-state index in [1.165, 1.54) is 11.1 Å². The predicted octanol–water partition coefficient (Wildman–Crippen LogP) is 2.95. The lowest BCUT2D eigenvalue weighted by molar-refractivity contribution is -0.0313. The van der Waals surface area contributed by atoms with Crippen molar-refractivity contribution in [3.05, 3.63) is 65.2 Å². The first-order chi connectivity index (χ1) is 10.2. The second-order valence-corrected chi connectivity index (χ2v) is 6.03. The number of hydrogen-bond donors (Lipinski definition) is 1. The highest BCUT2D eigenvalue weighted by Gasteiger charge is 2.54. The largest absolute Gasteiger partial charge is 0.380 e. The molecule has 1 fully saturated rings. The monoisotopic (exact) mass is 281 g/mol. The molecule has 0 amide bonds. The number of rotatable bonds is 2. The van der Waals surface area contributed by atoms with E-state index in [1.54, 1.807) is 0 Å². The summed E-state index contributed by atoms with van der Waals surface area (Å²) in [6.45, 7) is 3.43. The first-order valence-electron chi connectivity index (χ1n) is 7.44. The summed E-state index contributed by atoms with van der Waals surface area (Å²) >= 11 is 0. The molecule has 2 heterocycles. The fourth-order valence-corrected chi connectivity index (χ4v) is 3.52. The Labute approximate surface area is 124 Å². The zero-order chi connectivity index (χ0) is 14.4. The molecule has 1 N–H and O–H groups in total. The summed E-state index contributed by atoms with van der Waals surface area (Å²) in [5.74, 6) is 0. The Morgan fingerprint density at radius 2 is 2.05 bits per heavy atom. The van der Waals surface area contributed by atoms with Crippen LogP contribution in [0.25, 0.3) is 0 Å². The van der Waals surface area contributed by atoms with Crippen LogP contribution in [0.1, 0.15) is 23.1 Å². The van der Waals surface area contributed by atoms with Crippen molar-refractivity contribution in [2.45, 2.75) is 31.7 Å². The Morgan fingerprint density at radius 3 is 2.86 bits per heavy atom. The van der Waals surface area contributed by atoms with Crippen LogP contribution in [0.2, 0.25) is 0 Å². The summed E-state index contributed by atoms with van der Waals surface area (Å²) in [4.78, 5) is 2.19. The minimum Gasteiger partial charge on any atom is -0.380 e. The maximum atomic E-state index is 11.1. The third-order valence-electron chi connectivity index (χ3n) is 4.57. The molecule has 108 valence electrons. The molecule has 2 aliphatic rings. The van der Waals surface area contributed by atoms with Crippen molar-refractivity contribution < 1.29 is 9.84 Å². The summed E-state index contributed by atoms with van der Waals surface area (Å²) in [5.41, 5.74) is 3.65. The lowest BCUT2D eigenvalue weighted by Gasteiger charge is -2.28. The summed E-state index contributed by atoms with van der Waals surface area (Å²) < 4.78 is 5.86. The van der Waals surface area contributed by atoms with Gasteiger partial charge in [-0.3, -0.25) is 0 Å². The van der Waals surface area contributed by atoms with Crippen LogP contribution in [0, 0.1) is 6.92 Å². The fraction of sp³-hybridized carbons (Fsp3) is 0.333. The molecule has 0 bridgehead atoms. The number of benzene rings is 2. The Morgan fingerprint density at radius 1 is 1.24 bits per heavy atom. The fourth-order valence-electron chi connectivity index (χ4n) is 3.52. The van der Waals surface area contributed by atoms with Crippen molar-refractivity contribution in [3.8, 4) is 0 Å². The summed E-state index contributed by atoms with van der Waals surface area (Å²) in [6, 6.07) is 16.6. The van der Waals surface area contributed by atoms with Crippen molar-refractivity contribution >= 4 is 5.69 Å². The van der Waals surface area contributed by atoms with Crippen LogP contribution < -0.4 is 4.90 Å². The molecule has 4 rings (SSSR count). The van der Waals surface area contributed by atoms with Gasteiger partial charge < -0.3 is 14.7 Å². The van der Waals surface area contributed by atoms with E-state index < -0.39 is 5.60 Å². The van der Waals surface area contributed by atoms with Gasteiger partial charge in [0.25, 0.3) is 0 Å². The lowest BCUT2D eigenvalue weighted by Crippen LogP contribution is -2.41. The number of hydrogen-bond acceptors (Lipinski definition) is 3. The molecule has 2 aromatic carbocycles. The van der Waals surface area contributed by atoms with Crippen molar-refractivity contribution in [2.24, 2.45) is 0 Å². The minimum atomic E-state index is -0.865. The van der Waals surface area contributed by atoms with E-state index in [4.69, 9.17) is 4.74 Å². The Hall–Kier alpha value is -1.84. The number of aryl methyl sites for hydroxylation is 1. The smallest absolute Gasteiger partial charge is 0.163 e. The zero-order valence-corrected chi connectivity index (χ0v) is 12.1. The maximum Gasteiger partial charge on any atom is 0.163 e. The second-order valence-electron chi connectivity index (χ2n) is 6.03. The first-order valence-corrected chi connectivity index (χ1v) is 7.44. The lowest BCUT2D eigenvalue weighted by atomic mass is 9.92. The van der Waals surface area contributed by atoms with Gasteiger partial charge in [0.05, 0.1) is 6.61 Å². The van der Waals surface area contributed by atoms with Gasteiger partial charge in [0, 0.05) is 24.2 Å². The van der Waals surface area contributed by atoms with E-state index in [-0.39, 0.29) is 6.23 Å². The molecule has 21 heavy (non-hydrogen) atoms. The Kier molecular flexibility index (Phi) is 2.81. The molecule has 0 spiro atoms. The first kappa shape index (κ1) is 12.9. The van der Waals surface area contributed by atoms with Gasteiger partial charge in [0.15, 0.2) is 6.23 Å². The SMILES string of the molecule is Cc1ccc2c(c1)C1(O)CCOC1N2Cc1ccccc1. The molecule has 0 radical (unpaired) electrons. The second kappa shape index (κ2) is 4.58. The topological polar surface area (TPSA) is 32.7 Å². The van der Waals surface area contributed by atoms with Crippen LogP contribution in [-0.4, -0.2) is 17.9 Å². The van der Waals surface area contributed by atoms with Crippen LogP contribution in [0.3, 0.4) is 0 Å². The number of fused-ring (bicyclic) bond motifs is 3. The van der Waals surface area contributed by atoms with E-state index in [9.17, 15) is 5.11 Å². The molecule has 2 unspecified atom stereocenters. The van der Waals surface area contributed by atoms with Gasteiger partial charge in [-0.05, 0) is 18.6 Å². The number of nitrogens with zero attached hydrogens (tertiary/aromatic N) is 1. The van der Waals surface area contributed by atoms with Crippen LogP contribution in [0.4, 0.5) is 5.69 Å². The normalized spacial score (nSPS) is 26.8. The molecule has 3 heteroatoms. The molecule has 2 aromatic rings. The minimum absolute atomic E-state index is 0.269. The number of ether oxygens (including phenoxy) is 1. The average molecular weight is 281 g/mol. The molecule has 3 nitrogen and oxygen atoms in total. The molecule has 2 aliphatic heterocycles. The molecule has 0 aromatic heterocycles. The number of aliphatic hydroxyl groups is 1. The summed E-state index contributed by atoms with van der Waals surface area (Å²) in [6.07, 6.45) is 0.397. The maximum absolute atomic E-state index is 11.1. The number of anilines is 1. The van der Waals surface area contributed by atoms with Crippen LogP contribution in [0.5, 0.6) is 0 Å². The van der Waals surface area contributed by atoms with Crippen LogP contribution in [0.15, 0.2) is 48.5 Å².